The average molecular weight is 289 g/mol. The van der Waals surface area contributed by atoms with E-state index in [1.807, 2.05) is 19.1 Å². The molecule has 1 aromatic carbocycles. The van der Waals surface area contributed by atoms with Gasteiger partial charge in [0.1, 0.15) is 0 Å². The highest BCUT2D eigenvalue weighted by atomic mass is 16.1. The Morgan fingerprint density at radius 3 is 2.76 bits per heavy atom. The van der Waals surface area contributed by atoms with Crippen molar-refractivity contribution in [3.8, 4) is 0 Å². The molecule has 2 unspecified atom stereocenters. The number of piperidine rings is 1. The molecule has 0 spiro atoms. The van der Waals surface area contributed by atoms with Crippen LogP contribution in [0, 0.1) is 5.92 Å². The minimum atomic E-state index is -0.106. The van der Waals surface area contributed by atoms with Crippen molar-refractivity contribution < 1.29 is 4.79 Å². The van der Waals surface area contributed by atoms with E-state index in [-0.39, 0.29) is 11.9 Å². The number of carbonyl (C=O) groups excluding carboxylic acids is 1. The van der Waals surface area contributed by atoms with Crippen LogP contribution in [0.4, 0.5) is 5.69 Å². The largest absolute Gasteiger partial charge is 0.327 e. The Morgan fingerprint density at radius 1 is 1.43 bits per heavy atom. The van der Waals surface area contributed by atoms with Gasteiger partial charge in [-0.3, -0.25) is 9.69 Å². The van der Waals surface area contributed by atoms with Gasteiger partial charge in [0.2, 0.25) is 5.91 Å². The molecule has 0 bridgehead atoms. The van der Waals surface area contributed by atoms with Gasteiger partial charge in [-0.1, -0.05) is 19.1 Å². The van der Waals surface area contributed by atoms with Crippen molar-refractivity contribution in [2.75, 3.05) is 18.4 Å². The van der Waals surface area contributed by atoms with Crippen molar-refractivity contribution in [3.63, 3.8) is 0 Å². The number of benzene rings is 1. The summed E-state index contributed by atoms with van der Waals surface area (Å²) in [6, 6.07) is 8.04. The number of amides is 1. The number of nitrogens with zero attached hydrogens (tertiary/aromatic N) is 1. The van der Waals surface area contributed by atoms with Crippen LogP contribution in [0.3, 0.4) is 0 Å². The Morgan fingerprint density at radius 2 is 2.14 bits per heavy atom. The van der Waals surface area contributed by atoms with Gasteiger partial charge in [-0.15, -0.1) is 0 Å². The number of nitrogens with one attached hydrogen (secondary N) is 1. The summed E-state index contributed by atoms with van der Waals surface area (Å²) in [5.41, 5.74) is 7.76. The third-order valence-electron chi connectivity index (χ3n) is 3.89. The number of rotatable bonds is 5. The second kappa shape index (κ2) is 7.57. The monoisotopic (exact) mass is 289 g/mol. The van der Waals surface area contributed by atoms with Crippen molar-refractivity contribution in [2.24, 2.45) is 11.7 Å². The van der Waals surface area contributed by atoms with Gasteiger partial charge in [-0.25, -0.2) is 0 Å². The molecule has 0 aromatic heterocycles. The maximum Gasteiger partial charge on any atom is 0.225 e. The van der Waals surface area contributed by atoms with Crippen LogP contribution >= 0.6 is 0 Å². The van der Waals surface area contributed by atoms with Crippen molar-refractivity contribution >= 4 is 11.6 Å². The van der Waals surface area contributed by atoms with Gasteiger partial charge in [-0.05, 0) is 49.9 Å². The van der Waals surface area contributed by atoms with Crippen LogP contribution in [0.15, 0.2) is 24.3 Å². The van der Waals surface area contributed by atoms with E-state index in [1.54, 1.807) is 0 Å². The smallest absolute Gasteiger partial charge is 0.225 e. The molecule has 1 heterocycles. The molecule has 1 aliphatic heterocycles. The van der Waals surface area contributed by atoms with Crippen molar-refractivity contribution in [1.82, 2.24) is 4.90 Å². The molecule has 0 radical (unpaired) electrons. The van der Waals surface area contributed by atoms with Gasteiger partial charge in [0.05, 0.1) is 0 Å². The first-order valence-corrected chi connectivity index (χ1v) is 7.89. The van der Waals surface area contributed by atoms with E-state index >= 15 is 0 Å². The molecule has 3 N–H and O–H groups in total. The Labute approximate surface area is 127 Å². The topological polar surface area (TPSA) is 58.4 Å². The molecular formula is C17H27N3O. The van der Waals surface area contributed by atoms with Crippen LogP contribution in [-0.2, 0) is 11.3 Å². The Kier molecular flexibility index (Phi) is 5.76. The highest BCUT2D eigenvalue weighted by Crippen LogP contribution is 2.18. The first kappa shape index (κ1) is 16.0. The zero-order valence-electron chi connectivity index (χ0n) is 13.1. The van der Waals surface area contributed by atoms with Crippen molar-refractivity contribution in [3.05, 3.63) is 29.8 Å². The second-order valence-electron chi connectivity index (χ2n) is 6.41. The minimum Gasteiger partial charge on any atom is -0.327 e. The quantitative estimate of drug-likeness (QED) is 0.876. The molecule has 4 nitrogen and oxygen atoms in total. The summed E-state index contributed by atoms with van der Waals surface area (Å²) in [5, 5.41) is 2.88. The number of hydrogen-bond acceptors (Lipinski definition) is 3. The average Bonchev–Trinajstić information content (AvgIpc) is 2.40. The van der Waals surface area contributed by atoms with E-state index in [1.165, 1.54) is 31.5 Å². The standard InChI is InChI=1S/C17H27N3O/c1-13-4-3-9-20(11-13)12-15-5-7-16(8-6-15)19-17(21)10-14(2)18/h5-8,13-14H,3-4,9-12,18H2,1-2H3,(H,19,21). The van der Waals surface area contributed by atoms with E-state index in [0.29, 0.717) is 6.42 Å². The van der Waals surface area contributed by atoms with Crippen LogP contribution in [-0.4, -0.2) is 29.9 Å². The zero-order valence-corrected chi connectivity index (χ0v) is 13.1. The third kappa shape index (κ3) is 5.48. The first-order chi connectivity index (χ1) is 10.0. The summed E-state index contributed by atoms with van der Waals surface area (Å²) in [6.45, 7) is 7.54. The van der Waals surface area contributed by atoms with E-state index in [4.69, 9.17) is 5.73 Å². The zero-order chi connectivity index (χ0) is 15.2. The molecule has 1 aromatic rings. The third-order valence-corrected chi connectivity index (χ3v) is 3.89. The second-order valence-corrected chi connectivity index (χ2v) is 6.41. The molecule has 116 valence electrons. The Bertz CT molecular complexity index is 456. The number of nitrogens with two attached hydrogens (primary N) is 1. The van der Waals surface area contributed by atoms with Crippen LogP contribution in [0.25, 0.3) is 0 Å². The molecule has 2 atom stereocenters. The lowest BCUT2D eigenvalue weighted by molar-refractivity contribution is -0.116. The van der Waals surface area contributed by atoms with E-state index in [0.717, 1.165) is 18.2 Å². The summed E-state index contributed by atoms with van der Waals surface area (Å²) < 4.78 is 0. The molecule has 1 aliphatic rings. The Hall–Kier alpha value is -1.39. The lowest BCUT2D eigenvalue weighted by Gasteiger charge is -2.30. The summed E-state index contributed by atoms with van der Waals surface area (Å²) in [7, 11) is 0. The maximum atomic E-state index is 11.7. The fourth-order valence-corrected chi connectivity index (χ4v) is 2.89. The van der Waals surface area contributed by atoms with Gasteiger partial charge < -0.3 is 11.1 Å². The summed E-state index contributed by atoms with van der Waals surface area (Å²) >= 11 is 0. The van der Waals surface area contributed by atoms with E-state index < -0.39 is 0 Å². The highest BCUT2D eigenvalue weighted by Gasteiger charge is 2.16. The maximum absolute atomic E-state index is 11.7. The molecule has 4 heteroatoms. The van der Waals surface area contributed by atoms with Gasteiger partial charge in [0.25, 0.3) is 0 Å². The number of hydrogen-bond donors (Lipinski definition) is 2. The summed E-state index contributed by atoms with van der Waals surface area (Å²) in [4.78, 5) is 14.2. The fourth-order valence-electron chi connectivity index (χ4n) is 2.89. The lowest BCUT2D eigenvalue weighted by Crippen LogP contribution is -2.33. The molecule has 2 rings (SSSR count). The molecule has 0 aliphatic carbocycles. The van der Waals surface area contributed by atoms with Crippen LogP contribution in [0.1, 0.15) is 38.7 Å². The minimum absolute atomic E-state index is 0.0254. The molecular weight excluding hydrogens is 262 g/mol. The predicted molar refractivity (Wildman–Crippen MR) is 87.0 cm³/mol. The first-order valence-electron chi connectivity index (χ1n) is 7.89. The van der Waals surface area contributed by atoms with Gasteiger partial charge in [-0.2, -0.15) is 0 Å². The molecule has 1 saturated heterocycles. The number of likely N-dealkylation sites (tertiary alicyclic amines) is 1. The van der Waals surface area contributed by atoms with Gasteiger partial charge >= 0.3 is 0 Å². The number of carbonyl (C=O) groups is 1. The van der Waals surface area contributed by atoms with E-state index in [2.05, 4.69) is 29.3 Å². The number of anilines is 1. The SMILES string of the molecule is CC(N)CC(=O)Nc1ccc(CN2CCCC(C)C2)cc1. The highest BCUT2D eigenvalue weighted by molar-refractivity contribution is 5.91. The predicted octanol–water partition coefficient (Wildman–Crippen LogP) is 2.59. The normalized spacial score (nSPS) is 21.0. The van der Waals surface area contributed by atoms with Crippen molar-refractivity contribution in [2.45, 2.75) is 45.7 Å². The van der Waals surface area contributed by atoms with Gasteiger partial charge in [0.15, 0.2) is 0 Å². The fraction of sp³-hybridized carbons (Fsp3) is 0.588. The summed E-state index contributed by atoms with van der Waals surface area (Å²) in [6.07, 6.45) is 3.00. The molecule has 0 saturated carbocycles. The van der Waals surface area contributed by atoms with Crippen LogP contribution in [0.2, 0.25) is 0 Å². The molecule has 1 fully saturated rings. The van der Waals surface area contributed by atoms with Crippen molar-refractivity contribution in [1.29, 1.82) is 0 Å². The molecule has 1 amide bonds. The Balaban J connectivity index is 1.85. The lowest BCUT2D eigenvalue weighted by atomic mass is 10.00. The molecule has 21 heavy (non-hydrogen) atoms. The van der Waals surface area contributed by atoms with Gasteiger partial charge in [0, 0.05) is 31.2 Å². The summed E-state index contributed by atoms with van der Waals surface area (Å²) in [5.74, 6) is 0.776. The van der Waals surface area contributed by atoms with Crippen LogP contribution < -0.4 is 11.1 Å². The van der Waals surface area contributed by atoms with E-state index in [9.17, 15) is 4.79 Å². The van der Waals surface area contributed by atoms with Crippen LogP contribution in [0.5, 0.6) is 0 Å².